The number of rotatable bonds is 2. The number of likely N-dealkylation sites (N-methyl/N-ethyl adjacent to an activating group) is 1. The molecule has 1 saturated heterocycles. The highest BCUT2D eigenvalue weighted by molar-refractivity contribution is 7.89. The molecule has 2 N–H and O–H groups in total. The maximum atomic E-state index is 12.6. The minimum Gasteiger partial charge on any atom is -0.398 e. The van der Waals surface area contributed by atoms with Crippen molar-refractivity contribution in [1.82, 2.24) is 9.21 Å². The number of nitrogens with two attached hydrogens (primary N) is 1. The first-order chi connectivity index (χ1) is 9.73. The van der Waals surface area contributed by atoms with Gasteiger partial charge in [-0.25, -0.2) is 8.42 Å². The van der Waals surface area contributed by atoms with Crippen LogP contribution >= 0.6 is 11.6 Å². The van der Waals surface area contributed by atoms with Gasteiger partial charge in [-0.15, -0.1) is 0 Å². The number of carbonyl (C=O) groups is 1. The first-order valence-corrected chi connectivity index (χ1v) is 8.35. The zero-order valence-corrected chi connectivity index (χ0v) is 13.5. The van der Waals surface area contributed by atoms with Gasteiger partial charge in [0.2, 0.25) is 15.9 Å². The summed E-state index contributed by atoms with van der Waals surface area (Å²) in [4.78, 5) is 13.4. The smallest absolute Gasteiger partial charge is 0.243 e. The van der Waals surface area contributed by atoms with Crippen molar-refractivity contribution in [2.24, 2.45) is 0 Å². The Bertz CT molecular complexity index is 652. The molecule has 1 aromatic carbocycles. The molecule has 1 aliphatic heterocycles. The van der Waals surface area contributed by atoms with Gasteiger partial charge in [-0.3, -0.25) is 4.79 Å². The monoisotopic (exact) mass is 331 g/mol. The number of hydrogen-bond donors (Lipinski definition) is 1. The fourth-order valence-electron chi connectivity index (χ4n) is 2.14. The van der Waals surface area contributed by atoms with E-state index in [4.69, 9.17) is 17.3 Å². The van der Waals surface area contributed by atoms with Gasteiger partial charge in [-0.1, -0.05) is 11.6 Å². The molecule has 0 unspecified atom stereocenters. The molecule has 0 aromatic heterocycles. The molecule has 0 aliphatic carbocycles. The zero-order chi connectivity index (χ0) is 15.8. The Labute approximate surface area is 129 Å². The molecule has 6 nitrogen and oxygen atoms in total. The van der Waals surface area contributed by atoms with Crippen molar-refractivity contribution >= 4 is 33.2 Å². The van der Waals surface area contributed by atoms with Crippen LogP contribution in [0.4, 0.5) is 5.69 Å². The third-order valence-electron chi connectivity index (χ3n) is 3.63. The summed E-state index contributed by atoms with van der Waals surface area (Å²) in [7, 11) is -2.12. The summed E-state index contributed by atoms with van der Waals surface area (Å²) in [5.74, 6) is -0.220. The maximum absolute atomic E-state index is 12.6. The molecule has 0 saturated carbocycles. The van der Waals surface area contributed by atoms with Gasteiger partial charge in [0.1, 0.15) is 0 Å². The number of anilines is 1. The molecule has 0 spiro atoms. The number of nitrogens with zero attached hydrogens (tertiary/aromatic N) is 2. The minimum absolute atomic E-state index is 0.0213. The van der Waals surface area contributed by atoms with Crippen molar-refractivity contribution in [3.05, 3.63) is 22.7 Å². The predicted molar refractivity (Wildman–Crippen MR) is 81.6 cm³/mol. The van der Waals surface area contributed by atoms with Gasteiger partial charge in [0.15, 0.2) is 0 Å². The number of hydrogen-bond acceptors (Lipinski definition) is 4. The molecule has 1 fully saturated rings. The van der Waals surface area contributed by atoms with Crippen molar-refractivity contribution < 1.29 is 13.2 Å². The third-order valence-corrected chi connectivity index (χ3v) is 5.85. The number of sulfonamides is 1. The Morgan fingerprint density at radius 3 is 2.57 bits per heavy atom. The summed E-state index contributed by atoms with van der Waals surface area (Å²) in [6.07, 6.45) is 0.594. The van der Waals surface area contributed by atoms with Crippen molar-refractivity contribution in [2.75, 3.05) is 32.4 Å². The van der Waals surface area contributed by atoms with Gasteiger partial charge in [0, 0.05) is 30.8 Å². The molecule has 0 atom stereocenters. The minimum atomic E-state index is -3.78. The summed E-state index contributed by atoms with van der Waals surface area (Å²) >= 11 is 6.01. The van der Waals surface area contributed by atoms with Crippen LogP contribution < -0.4 is 5.73 Å². The molecular formula is C13H18ClN3O3S. The summed E-state index contributed by atoms with van der Waals surface area (Å²) in [5, 5.41) is 0.298. The Kier molecular flexibility index (Phi) is 4.46. The Morgan fingerprint density at radius 1 is 1.29 bits per heavy atom. The Morgan fingerprint density at radius 2 is 1.95 bits per heavy atom. The molecule has 0 bridgehead atoms. The maximum Gasteiger partial charge on any atom is 0.243 e. The van der Waals surface area contributed by atoms with E-state index in [-0.39, 0.29) is 17.3 Å². The van der Waals surface area contributed by atoms with E-state index < -0.39 is 10.0 Å². The lowest BCUT2D eigenvalue weighted by molar-refractivity contribution is -0.129. The van der Waals surface area contributed by atoms with Crippen LogP contribution in [0.3, 0.4) is 0 Å². The van der Waals surface area contributed by atoms with Crippen LogP contribution in [0.2, 0.25) is 5.02 Å². The van der Waals surface area contributed by atoms with Crippen LogP contribution in [-0.2, 0) is 14.8 Å². The second-order valence-electron chi connectivity index (χ2n) is 5.13. The van der Waals surface area contributed by atoms with Crippen LogP contribution in [0.1, 0.15) is 12.0 Å². The highest BCUT2D eigenvalue weighted by atomic mass is 35.5. The standard InChI is InChI=1S/C13H18ClN3O3S/c1-9-11(14)6-10(7-12(9)15)21(19,20)17-5-3-4-16(2)13(18)8-17/h6-7H,3-5,8,15H2,1-2H3. The third kappa shape index (κ3) is 3.14. The number of nitrogen functional groups attached to an aromatic ring is 1. The molecule has 1 aromatic rings. The molecule has 1 amide bonds. The van der Waals surface area contributed by atoms with Gasteiger partial charge in [0.05, 0.1) is 11.4 Å². The van der Waals surface area contributed by atoms with E-state index >= 15 is 0 Å². The second kappa shape index (κ2) is 5.82. The molecule has 0 radical (unpaired) electrons. The van der Waals surface area contributed by atoms with Gasteiger partial charge in [0.25, 0.3) is 0 Å². The van der Waals surface area contributed by atoms with E-state index in [9.17, 15) is 13.2 Å². The summed E-state index contributed by atoms with van der Waals surface area (Å²) < 4.78 is 26.5. The Balaban J connectivity index is 2.40. The average molecular weight is 332 g/mol. The quantitative estimate of drug-likeness (QED) is 0.822. The van der Waals surface area contributed by atoms with E-state index in [0.717, 1.165) is 0 Å². The van der Waals surface area contributed by atoms with Crippen molar-refractivity contribution in [1.29, 1.82) is 0 Å². The van der Waals surface area contributed by atoms with Crippen LogP contribution in [0.25, 0.3) is 0 Å². The molecule has 116 valence electrons. The summed E-state index contributed by atoms with van der Waals surface area (Å²) in [6.45, 7) is 2.40. The second-order valence-corrected chi connectivity index (χ2v) is 7.47. The molecule has 1 heterocycles. The highest BCUT2D eigenvalue weighted by Crippen LogP contribution is 2.28. The van der Waals surface area contributed by atoms with Crippen LogP contribution in [-0.4, -0.2) is 50.2 Å². The highest BCUT2D eigenvalue weighted by Gasteiger charge is 2.30. The van der Waals surface area contributed by atoms with Gasteiger partial charge >= 0.3 is 0 Å². The number of benzene rings is 1. The SMILES string of the molecule is Cc1c(N)cc(S(=O)(=O)N2CCCN(C)C(=O)C2)cc1Cl. The normalized spacial score (nSPS) is 17.9. The van der Waals surface area contributed by atoms with Gasteiger partial charge in [-0.05, 0) is 31.0 Å². The molecule has 2 rings (SSSR count). The summed E-state index contributed by atoms with van der Waals surface area (Å²) in [6, 6.07) is 2.76. The van der Waals surface area contributed by atoms with Crippen LogP contribution in [0.15, 0.2) is 17.0 Å². The Hall–Kier alpha value is -1.31. The first kappa shape index (κ1) is 16.1. The number of carbonyl (C=O) groups excluding carboxylic acids is 1. The van der Waals surface area contributed by atoms with Gasteiger partial charge < -0.3 is 10.6 Å². The van der Waals surface area contributed by atoms with Crippen molar-refractivity contribution in [2.45, 2.75) is 18.2 Å². The predicted octanol–water partition coefficient (Wildman–Crippen LogP) is 1.08. The molecule has 8 heteroatoms. The molecular weight excluding hydrogens is 314 g/mol. The fraction of sp³-hybridized carbons (Fsp3) is 0.462. The first-order valence-electron chi connectivity index (χ1n) is 6.53. The van der Waals surface area contributed by atoms with E-state index in [1.807, 2.05) is 0 Å². The van der Waals surface area contributed by atoms with Gasteiger partial charge in [-0.2, -0.15) is 4.31 Å². The topological polar surface area (TPSA) is 83.7 Å². The lowest BCUT2D eigenvalue weighted by atomic mass is 10.2. The molecule has 1 aliphatic rings. The van der Waals surface area contributed by atoms with Crippen molar-refractivity contribution in [3.8, 4) is 0 Å². The lowest BCUT2D eigenvalue weighted by Crippen LogP contribution is -2.38. The fourth-order valence-corrected chi connectivity index (χ4v) is 3.92. The van der Waals surface area contributed by atoms with E-state index in [2.05, 4.69) is 0 Å². The van der Waals surface area contributed by atoms with Crippen LogP contribution in [0, 0.1) is 6.92 Å². The van der Waals surface area contributed by atoms with E-state index in [0.29, 0.717) is 35.8 Å². The number of halogens is 1. The zero-order valence-electron chi connectivity index (χ0n) is 12.0. The number of amides is 1. The summed E-state index contributed by atoms with van der Waals surface area (Å²) in [5.41, 5.74) is 6.75. The molecule has 21 heavy (non-hydrogen) atoms. The van der Waals surface area contributed by atoms with E-state index in [1.165, 1.54) is 21.3 Å². The lowest BCUT2D eigenvalue weighted by Gasteiger charge is -2.20. The average Bonchev–Trinajstić information content (AvgIpc) is 2.58. The van der Waals surface area contributed by atoms with Crippen molar-refractivity contribution in [3.63, 3.8) is 0 Å². The van der Waals surface area contributed by atoms with E-state index in [1.54, 1.807) is 14.0 Å². The largest absolute Gasteiger partial charge is 0.398 e. The van der Waals surface area contributed by atoms with Crippen LogP contribution in [0.5, 0.6) is 0 Å².